The van der Waals surface area contributed by atoms with E-state index in [-0.39, 0.29) is 53.8 Å². The van der Waals surface area contributed by atoms with Crippen LogP contribution in [-0.2, 0) is 32.1 Å². The first-order chi connectivity index (χ1) is 26.3. The van der Waals surface area contributed by atoms with Gasteiger partial charge in [0.25, 0.3) is 5.91 Å². The third-order valence-corrected chi connectivity index (χ3v) is 11.9. The van der Waals surface area contributed by atoms with E-state index in [2.05, 4.69) is 29.4 Å². The Hall–Kier alpha value is -4.13. The fourth-order valence-corrected chi connectivity index (χ4v) is 8.11. The van der Waals surface area contributed by atoms with Crippen molar-refractivity contribution in [3.63, 3.8) is 0 Å². The Labute approximate surface area is 331 Å². The maximum Gasteiger partial charge on any atom is 0.306 e. The summed E-state index contributed by atoms with van der Waals surface area (Å²) in [5, 5.41) is 18.1. The molecule has 0 bridgehead atoms. The molecule has 3 N–H and O–H groups in total. The van der Waals surface area contributed by atoms with Crippen molar-refractivity contribution in [2.45, 2.75) is 116 Å². The predicted molar refractivity (Wildman–Crippen MR) is 217 cm³/mol. The second-order valence-electron chi connectivity index (χ2n) is 15.6. The van der Waals surface area contributed by atoms with Crippen LogP contribution in [0.2, 0.25) is 0 Å². The minimum absolute atomic E-state index is 0.0345. The van der Waals surface area contributed by atoms with E-state index in [4.69, 9.17) is 9.72 Å². The smallest absolute Gasteiger partial charge is 0.306 e. The number of amides is 3. The number of piperidine rings is 1. The van der Waals surface area contributed by atoms with Gasteiger partial charge in [0, 0.05) is 30.9 Å². The molecule has 3 aromatic rings. The van der Waals surface area contributed by atoms with Crippen LogP contribution in [0.5, 0.6) is 0 Å². The van der Waals surface area contributed by atoms with E-state index >= 15 is 0 Å². The van der Waals surface area contributed by atoms with E-state index in [0.717, 1.165) is 43.4 Å². The van der Waals surface area contributed by atoms with Crippen molar-refractivity contribution in [2.75, 3.05) is 20.6 Å². The maximum atomic E-state index is 14.4. The second-order valence-corrected chi connectivity index (χ2v) is 16.4. The van der Waals surface area contributed by atoms with Crippen LogP contribution in [0.4, 0.5) is 0 Å². The number of thiazole rings is 1. The van der Waals surface area contributed by atoms with Crippen LogP contribution < -0.4 is 10.6 Å². The Bertz CT molecular complexity index is 1670. The molecule has 1 aromatic heterocycles. The summed E-state index contributed by atoms with van der Waals surface area (Å²) in [7, 11) is 3.78. The number of aliphatic carboxylic acids is 1. The highest BCUT2D eigenvalue weighted by Gasteiger charge is 2.37. The van der Waals surface area contributed by atoms with Crippen LogP contribution in [0.3, 0.4) is 0 Å². The lowest BCUT2D eigenvalue weighted by molar-refractivity contribution is -0.141. The summed E-state index contributed by atoms with van der Waals surface area (Å²) in [6, 6.07) is 17.9. The van der Waals surface area contributed by atoms with Crippen molar-refractivity contribution < 1.29 is 29.0 Å². The van der Waals surface area contributed by atoms with Crippen LogP contribution in [0, 0.1) is 17.8 Å². The highest BCUT2D eigenvalue weighted by atomic mass is 32.1. The number of carboxylic acids is 1. The number of hydrogen-bond acceptors (Lipinski definition) is 8. The van der Waals surface area contributed by atoms with Crippen molar-refractivity contribution >= 4 is 35.0 Å². The van der Waals surface area contributed by atoms with Gasteiger partial charge < -0.3 is 25.4 Å². The Morgan fingerprint density at radius 2 is 1.62 bits per heavy atom. The third kappa shape index (κ3) is 12.7. The van der Waals surface area contributed by atoms with Gasteiger partial charge in [-0.05, 0) is 62.2 Å². The molecule has 1 unspecified atom stereocenters. The molecule has 4 rings (SSSR count). The number of nitrogens with one attached hydrogen (secondary N) is 2. The zero-order valence-electron chi connectivity index (χ0n) is 33.6. The monoisotopic (exact) mass is 775 g/mol. The van der Waals surface area contributed by atoms with Gasteiger partial charge in [0.2, 0.25) is 11.8 Å². The molecule has 7 atom stereocenters. The highest BCUT2D eigenvalue weighted by Crippen LogP contribution is 2.32. The second kappa shape index (κ2) is 21.2. The van der Waals surface area contributed by atoms with Crippen LogP contribution >= 0.6 is 11.3 Å². The van der Waals surface area contributed by atoms with Crippen LogP contribution in [0.25, 0.3) is 0 Å². The molecule has 3 amide bonds. The molecule has 0 radical (unpaired) electrons. The fraction of sp³-hybridized carbons (Fsp3) is 0.558. The van der Waals surface area contributed by atoms with Crippen molar-refractivity contribution in [1.29, 1.82) is 0 Å². The Morgan fingerprint density at radius 1 is 0.964 bits per heavy atom. The number of likely N-dealkylation sites (N-methyl/N-ethyl adjacent to an activating group) is 2. The number of rotatable bonds is 20. The van der Waals surface area contributed by atoms with Crippen LogP contribution in [0.1, 0.15) is 106 Å². The molecular formula is C43H61N5O6S. The average molecular weight is 776 g/mol. The van der Waals surface area contributed by atoms with Gasteiger partial charge in [-0.25, -0.2) is 4.98 Å². The first-order valence-corrected chi connectivity index (χ1v) is 20.6. The number of benzene rings is 2. The minimum Gasteiger partial charge on any atom is -0.481 e. The largest absolute Gasteiger partial charge is 0.481 e. The number of likely N-dealkylation sites (tertiary alicyclic amines) is 1. The number of ether oxygens (including phenoxy) is 1. The zero-order chi connectivity index (χ0) is 40.1. The van der Waals surface area contributed by atoms with E-state index in [9.17, 15) is 24.3 Å². The number of carbonyl (C=O) groups is 4. The van der Waals surface area contributed by atoms with Crippen LogP contribution in [0.15, 0.2) is 66.0 Å². The fourth-order valence-electron chi connectivity index (χ4n) is 7.25. The molecule has 1 saturated heterocycles. The van der Waals surface area contributed by atoms with E-state index in [1.807, 2.05) is 81.6 Å². The lowest BCUT2D eigenvalue weighted by atomic mass is 9.92. The highest BCUT2D eigenvalue weighted by molar-refractivity contribution is 7.09. The molecule has 0 aliphatic carbocycles. The summed E-state index contributed by atoms with van der Waals surface area (Å²) < 4.78 is 6.58. The first kappa shape index (κ1) is 43.6. The SMILES string of the molecule is CC[C@H](C)[C@H](NC(=O)C1CCCCN1C)C(=O)N(C)[C@H](C[C@@H](OCc1ccccc1)c1nc(C(=O)N[C@@H](Cc2ccccc2)C[C@H](C)C(=O)O)cs1)C(C)C. The number of hydrogen-bond donors (Lipinski definition) is 3. The molecule has 1 fully saturated rings. The molecule has 1 aliphatic heterocycles. The molecule has 1 aliphatic rings. The van der Waals surface area contributed by atoms with Gasteiger partial charge in [-0.15, -0.1) is 11.3 Å². The van der Waals surface area contributed by atoms with Gasteiger partial charge >= 0.3 is 5.97 Å². The summed E-state index contributed by atoms with van der Waals surface area (Å²) in [4.78, 5) is 62.0. The molecule has 300 valence electrons. The summed E-state index contributed by atoms with van der Waals surface area (Å²) >= 11 is 1.33. The van der Waals surface area contributed by atoms with Crippen molar-refractivity contribution in [1.82, 2.24) is 25.4 Å². The molecule has 0 saturated carbocycles. The van der Waals surface area contributed by atoms with E-state index in [1.165, 1.54) is 11.3 Å². The number of nitrogens with zero attached hydrogens (tertiary/aromatic N) is 3. The first-order valence-electron chi connectivity index (χ1n) is 19.7. The number of carbonyl (C=O) groups excluding carboxylic acids is 3. The number of carboxylic acid groups (broad SMARTS) is 1. The van der Waals surface area contributed by atoms with E-state index < -0.39 is 30.1 Å². The molecule has 2 aromatic carbocycles. The van der Waals surface area contributed by atoms with E-state index in [1.54, 1.807) is 24.3 Å². The summed E-state index contributed by atoms with van der Waals surface area (Å²) in [5.41, 5.74) is 2.21. The van der Waals surface area contributed by atoms with Gasteiger partial charge in [0.15, 0.2) is 0 Å². The van der Waals surface area contributed by atoms with Crippen molar-refractivity contribution in [3.8, 4) is 0 Å². The Kier molecular flexibility index (Phi) is 16.8. The quantitative estimate of drug-likeness (QED) is 0.115. The standard InChI is InChI=1S/C43H61N5O6S/c1-8-29(4)38(46-40(50)35-21-15-16-22-47(35)6)42(51)48(7)36(28(2)3)25-37(54-26-32-19-13-10-14-20-32)41-45-34(27-55-41)39(49)44-33(23-30(5)43(52)53)24-31-17-11-9-12-18-31/h9-14,17-20,27-30,33,35-38H,8,15-16,21-26H2,1-7H3,(H,44,49)(H,46,50)(H,52,53)/t29-,30-,33+,35?,36+,37+,38-/m0/s1. The number of aromatic nitrogens is 1. The molecule has 0 spiro atoms. The molecule has 55 heavy (non-hydrogen) atoms. The van der Waals surface area contributed by atoms with Gasteiger partial charge in [0.1, 0.15) is 22.8 Å². The molecule has 2 heterocycles. The average Bonchev–Trinajstić information content (AvgIpc) is 3.67. The lowest BCUT2D eigenvalue weighted by Crippen LogP contribution is -2.58. The van der Waals surface area contributed by atoms with Crippen molar-refractivity contribution in [2.24, 2.45) is 17.8 Å². The van der Waals surface area contributed by atoms with Gasteiger partial charge in [-0.2, -0.15) is 0 Å². The maximum absolute atomic E-state index is 14.4. The zero-order valence-corrected chi connectivity index (χ0v) is 34.4. The molecular weight excluding hydrogens is 715 g/mol. The summed E-state index contributed by atoms with van der Waals surface area (Å²) in [5.74, 6) is -2.23. The summed E-state index contributed by atoms with van der Waals surface area (Å²) in [6.07, 6.45) is 4.17. The van der Waals surface area contributed by atoms with E-state index in [0.29, 0.717) is 24.5 Å². The molecule has 11 nitrogen and oxygen atoms in total. The third-order valence-electron chi connectivity index (χ3n) is 11.0. The molecule has 12 heteroatoms. The van der Waals surface area contributed by atoms with Gasteiger partial charge in [-0.1, -0.05) is 108 Å². The summed E-state index contributed by atoms with van der Waals surface area (Å²) in [6.45, 7) is 11.0. The van der Waals surface area contributed by atoms with Crippen LogP contribution in [-0.4, -0.2) is 88.4 Å². The Balaban J connectivity index is 1.57. The van der Waals surface area contributed by atoms with Gasteiger partial charge in [0.05, 0.1) is 18.6 Å². The minimum atomic E-state index is -0.917. The lowest BCUT2D eigenvalue weighted by Gasteiger charge is -2.38. The predicted octanol–water partition coefficient (Wildman–Crippen LogP) is 6.74. The van der Waals surface area contributed by atoms with Gasteiger partial charge in [-0.3, -0.25) is 24.1 Å². The Morgan fingerprint density at radius 3 is 2.22 bits per heavy atom. The normalized spacial score (nSPS) is 18.1. The topological polar surface area (TPSA) is 141 Å². The van der Waals surface area contributed by atoms with Crippen molar-refractivity contribution in [3.05, 3.63) is 87.9 Å².